The topological polar surface area (TPSA) is 58.6 Å². The second kappa shape index (κ2) is 7.43. The van der Waals surface area contributed by atoms with Gasteiger partial charge in [0.2, 0.25) is 5.91 Å². The van der Waals surface area contributed by atoms with Gasteiger partial charge in [0.15, 0.2) is 0 Å². The molecule has 2 aromatic carbocycles. The zero-order valence-corrected chi connectivity index (χ0v) is 15.5. The molecule has 5 heteroatoms. The molecule has 2 aliphatic rings. The predicted molar refractivity (Wildman–Crippen MR) is 103 cm³/mol. The van der Waals surface area contributed by atoms with Gasteiger partial charge >= 0.3 is 0 Å². The Morgan fingerprint density at radius 3 is 2.56 bits per heavy atom. The first kappa shape index (κ1) is 17.6. The third-order valence-electron chi connectivity index (χ3n) is 5.38. The average molecular weight is 364 g/mol. The monoisotopic (exact) mass is 364 g/mol. The van der Waals surface area contributed by atoms with Crippen LogP contribution in [0.15, 0.2) is 48.5 Å². The summed E-state index contributed by atoms with van der Waals surface area (Å²) >= 11 is 0. The van der Waals surface area contributed by atoms with Crippen LogP contribution >= 0.6 is 0 Å². The van der Waals surface area contributed by atoms with Gasteiger partial charge in [-0.05, 0) is 30.7 Å². The van der Waals surface area contributed by atoms with Gasteiger partial charge in [0.1, 0.15) is 11.9 Å². The van der Waals surface area contributed by atoms with E-state index in [9.17, 15) is 9.59 Å². The molecule has 2 aliphatic heterocycles. The number of fused-ring (bicyclic) bond motifs is 1. The van der Waals surface area contributed by atoms with Gasteiger partial charge in [-0.3, -0.25) is 9.59 Å². The summed E-state index contributed by atoms with van der Waals surface area (Å²) in [5.41, 5.74) is 2.82. The van der Waals surface area contributed by atoms with Gasteiger partial charge in [-0.2, -0.15) is 0 Å². The van der Waals surface area contributed by atoms with Crippen LogP contribution in [0.25, 0.3) is 0 Å². The molecule has 1 fully saturated rings. The molecule has 1 atom stereocenters. The minimum absolute atomic E-state index is 0.0887. The highest BCUT2D eigenvalue weighted by molar-refractivity contribution is 5.99. The number of amides is 2. The lowest BCUT2D eigenvalue weighted by Crippen LogP contribution is -2.42. The molecule has 1 N–H and O–H groups in total. The molecule has 4 rings (SSSR count). The number of rotatable bonds is 4. The van der Waals surface area contributed by atoms with E-state index in [1.54, 1.807) is 0 Å². The minimum atomic E-state index is -0.220. The number of carbonyl (C=O) groups excluding carboxylic acids is 2. The van der Waals surface area contributed by atoms with Gasteiger partial charge in [-0.25, -0.2) is 0 Å². The van der Waals surface area contributed by atoms with Crippen LogP contribution in [0.4, 0.5) is 0 Å². The summed E-state index contributed by atoms with van der Waals surface area (Å²) < 4.78 is 6.04. The predicted octanol–water partition coefficient (Wildman–Crippen LogP) is 3.24. The summed E-state index contributed by atoms with van der Waals surface area (Å²) in [4.78, 5) is 26.6. The van der Waals surface area contributed by atoms with E-state index in [4.69, 9.17) is 4.74 Å². The molecule has 5 nitrogen and oxygen atoms in total. The Morgan fingerprint density at radius 2 is 1.81 bits per heavy atom. The van der Waals surface area contributed by atoms with Gasteiger partial charge in [0.25, 0.3) is 5.91 Å². The van der Waals surface area contributed by atoms with Crippen LogP contribution in [0.1, 0.15) is 46.8 Å². The van der Waals surface area contributed by atoms with Crippen molar-refractivity contribution >= 4 is 11.8 Å². The summed E-state index contributed by atoms with van der Waals surface area (Å²) in [6, 6.07) is 15.3. The highest BCUT2D eigenvalue weighted by Gasteiger charge is 2.32. The summed E-state index contributed by atoms with van der Waals surface area (Å²) in [7, 11) is 0. The molecule has 2 amide bonds. The Labute approximate surface area is 159 Å². The number of carbonyl (C=O) groups is 2. The normalized spacial score (nSPS) is 19.5. The molecule has 0 saturated carbocycles. The zero-order valence-electron chi connectivity index (χ0n) is 15.5. The largest absolute Gasteiger partial charge is 0.490 e. The number of aryl methyl sites for hydroxylation is 1. The summed E-state index contributed by atoms with van der Waals surface area (Å²) in [6.45, 7) is 3.44. The van der Waals surface area contributed by atoms with Crippen LogP contribution < -0.4 is 10.1 Å². The van der Waals surface area contributed by atoms with E-state index < -0.39 is 0 Å². The molecule has 0 bridgehead atoms. The van der Waals surface area contributed by atoms with Gasteiger partial charge in [-0.15, -0.1) is 0 Å². The van der Waals surface area contributed by atoms with Crippen LogP contribution in [-0.2, 0) is 4.79 Å². The van der Waals surface area contributed by atoms with Crippen LogP contribution in [-0.4, -0.2) is 35.9 Å². The number of nitrogens with one attached hydrogen (secondary N) is 1. The summed E-state index contributed by atoms with van der Waals surface area (Å²) in [5, 5.41) is 2.92. The Morgan fingerprint density at radius 1 is 1.11 bits per heavy atom. The number of nitrogens with zero attached hydrogens (tertiary/aromatic N) is 1. The fraction of sp³-hybridized carbons (Fsp3) is 0.364. The summed E-state index contributed by atoms with van der Waals surface area (Å²) in [5.74, 6) is 0.884. The smallest absolute Gasteiger partial charge is 0.252 e. The molecule has 0 spiro atoms. The van der Waals surface area contributed by atoms with E-state index in [1.807, 2.05) is 53.4 Å². The highest BCUT2D eigenvalue weighted by atomic mass is 16.5. The molecule has 0 unspecified atom stereocenters. The van der Waals surface area contributed by atoms with Crippen LogP contribution in [0, 0.1) is 6.92 Å². The fourth-order valence-corrected chi connectivity index (χ4v) is 3.82. The molecule has 27 heavy (non-hydrogen) atoms. The Balaban J connectivity index is 1.30. The first-order valence-electron chi connectivity index (χ1n) is 9.51. The molecular weight excluding hydrogens is 340 g/mol. The standard InChI is InChI=1S/C22H24N2O3/c1-15-6-8-16(9-7-15)27-17-10-12-24(13-11-17)21(25)14-20-18-4-2-3-5-19(18)22(26)23-20/h2-9,17,20H,10-14H2,1H3,(H,23,26)/t20-/m1/s1. The first-order valence-corrected chi connectivity index (χ1v) is 9.51. The Kier molecular flexibility index (Phi) is 4.84. The molecule has 1 saturated heterocycles. The zero-order chi connectivity index (χ0) is 18.8. The summed E-state index contributed by atoms with van der Waals surface area (Å²) in [6.07, 6.45) is 2.11. The van der Waals surface area contributed by atoms with E-state index in [1.165, 1.54) is 5.56 Å². The van der Waals surface area contributed by atoms with E-state index in [-0.39, 0.29) is 24.0 Å². The molecular formula is C22H24N2O3. The maximum Gasteiger partial charge on any atom is 0.252 e. The van der Waals surface area contributed by atoms with Crippen molar-refractivity contribution in [2.45, 2.75) is 38.3 Å². The maximum atomic E-state index is 12.7. The number of piperidine rings is 1. The number of likely N-dealkylation sites (tertiary alicyclic amines) is 1. The second-order valence-electron chi connectivity index (χ2n) is 7.33. The van der Waals surface area contributed by atoms with Crippen molar-refractivity contribution in [3.63, 3.8) is 0 Å². The number of hydrogen-bond acceptors (Lipinski definition) is 3. The number of hydrogen-bond donors (Lipinski definition) is 1. The van der Waals surface area contributed by atoms with Crippen molar-refractivity contribution in [3.05, 3.63) is 65.2 Å². The highest BCUT2D eigenvalue weighted by Crippen LogP contribution is 2.28. The minimum Gasteiger partial charge on any atom is -0.490 e. The van der Waals surface area contributed by atoms with Crippen molar-refractivity contribution in [2.24, 2.45) is 0 Å². The van der Waals surface area contributed by atoms with Crippen molar-refractivity contribution in [2.75, 3.05) is 13.1 Å². The SMILES string of the molecule is Cc1ccc(OC2CCN(C(=O)C[C@H]3NC(=O)c4ccccc43)CC2)cc1. The van der Waals surface area contributed by atoms with Crippen molar-refractivity contribution in [1.29, 1.82) is 0 Å². The fourth-order valence-electron chi connectivity index (χ4n) is 3.82. The van der Waals surface area contributed by atoms with Gasteiger partial charge in [-0.1, -0.05) is 35.9 Å². The van der Waals surface area contributed by atoms with Crippen LogP contribution in [0.5, 0.6) is 5.75 Å². The average Bonchev–Trinajstić information content (AvgIpc) is 3.00. The van der Waals surface area contributed by atoms with Crippen LogP contribution in [0.3, 0.4) is 0 Å². The molecule has 140 valence electrons. The lowest BCUT2D eigenvalue weighted by atomic mass is 10.0. The Hall–Kier alpha value is -2.82. The number of benzene rings is 2. The second-order valence-corrected chi connectivity index (χ2v) is 7.33. The quantitative estimate of drug-likeness (QED) is 0.906. The lowest BCUT2D eigenvalue weighted by molar-refractivity contribution is -0.133. The van der Waals surface area contributed by atoms with E-state index in [0.29, 0.717) is 25.1 Å². The molecule has 0 aliphatic carbocycles. The van der Waals surface area contributed by atoms with Gasteiger partial charge in [0, 0.05) is 31.5 Å². The Bertz CT molecular complexity index is 839. The molecule has 2 heterocycles. The third-order valence-corrected chi connectivity index (χ3v) is 5.38. The first-order chi connectivity index (χ1) is 13.1. The van der Waals surface area contributed by atoms with E-state index in [2.05, 4.69) is 12.2 Å². The lowest BCUT2D eigenvalue weighted by Gasteiger charge is -2.33. The maximum absolute atomic E-state index is 12.7. The molecule has 0 aromatic heterocycles. The van der Waals surface area contributed by atoms with E-state index in [0.717, 1.165) is 24.2 Å². The van der Waals surface area contributed by atoms with Gasteiger partial charge < -0.3 is 15.0 Å². The van der Waals surface area contributed by atoms with E-state index >= 15 is 0 Å². The van der Waals surface area contributed by atoms with Gasteiger partial charge in [0.05, 0.1) is 12.5 Å². The molecule has 2 aromatic rings. The van der Waals surface area contributed by atoms with Crippen molar-refractivity contribution in [3.8, 4) is 5.75 Å². The number of ether oxygens (including phenoxy) is 1. The van der Waals surface area contributed by atoms with Crippen molar-refractivity contribution < 1.29 is 14.3 Å². The van der Waals surface area contributed by atoms with Crippen molar-refractivity contribution in [1.82, 2.24) is 10.2 Å². The molecule has 0 radical (unpaired) electrons. The third kappa shape index (κ3) is 3.82. The van der Waals surface area contributed by atoms with Crippen LogP contribution in [0.2, 0.25) is 0 Å².